The second-order valence-electron chi connectivity index (χ2n) is 11.0. The first kappa shape index (κ1) is 22.2. The molecule has 0 fully saturated rings. The highest BCUT2D eigenvalue weighted by Gasteiger charge is 2.34. The number of aromatic nitrogens is 1. The van der Waals surface area contributed by atoms with Gasteiger partial charge in [-0.1, -0.05) is 105 Å². The molecule has 0 unspecified atom stereocenters. The van der Waals surface area contributed by atoms with Crippen LogP contribution >= 0.6 is 0 Å². The lowest BCUT2D eigenvalue weighted by Crippen LogP contribution is -2.24. The second kappa shape index (κ2) is 8.09. The molecule has 0 radical (unpaired) electrons. The van der Waals surface area contributed by atoms with Crippen LogP contribution in [0.4, 0.5) is 0 Å². The van der Waals surface area contributed by atoms with Gasteiger partial charge in [0.05, 0.1) is 11.0 Å². The van der Waals surface area contributed by atoms with Crippen molar-refractivity contribution in [3.8, 4) is 28.3 Å². The minimum Gasteiger partial charge on any atom is -0.457 e. The Morgan fingerprint density at radius 2 is 1.36 bits per heavy atom. The lowest BCUT2D eigenvalue weighted by atomic mass is 9.75. The third-order valence-corrected chi connectivity index (χ3v) is 8.44. The molecule has 2 nitrogen and oxygen atoms in total. The number of nitrogens with zero attached hydrogens (tertiary/aromatic N) is 1. The Hall–Kier alpha value is -4.82. The van der Waals surface area contributed by atoms with Crippen molar-refractivity contribution in [3.05, 3.63) is 139 Å². The third kappa shape index (κ3) is 3.15. The van der Waals surface area contributed by atoms with E-state index in [1.165, 1.54) is 60.5 Å². The van der Waals surface area contributed by atoms with Crippen LogP contribution in [0.5, 0.6) is 11.5 Å². The van der Waals surface area contributed by atoms with E-state index in [1.807, 2.05) is 6.07 Å². The smallest absolute Gasteiger partial charge is 0.131 e. The molecular formula is C37H27NO. The van der Waals surface area contributed by atoms with E-state index >= 15 is 0 Å². The van der Waals surface area contributed by atoms with Crippen LogP contribution in [0, 0.1) is 0 Å². The number of hydrogen-bond donors (Lipinski definition) is 0. The molecule has 6 aromatic carbocycles. The van der Waals surface area contributed by atoms with Gasteiger partial charge in [-0.05, 0) is 52.9 Å². The number of para-hydroxylation sites is 2. The fraction of sp³-hybridized carbons (Fsp3) is 0.0811. The minimum atomic E-state index is -0.164. The van der Waals surface area contributed by atoms with Crippen molar-refractivity contribution in [2.24, 2.45) is 0 Å². The first-order chi connectivity index (χ1) is 19.1. The molecule has 0 bridgehead atoms. The summed E-state index contributed by atoms with van der Waals surface area (Å²) in [5, 5.41) is 5.05. The van der Waals surface area contributed by atoms with Gasteiger partial charge in [-0.25, -0.2) is 0 Å². The molecule has 1 aliphatic heterocycles. The Bertz CT molecular complexity index is 2060. The molecule has 0 amide bonds. The largest absolute Gasteiger partial charge is 0.457 e. The number of hydrogen-bond acceptors (Lipinski definition) is 1. The molecule has 0 atom stereocenters. The van der Waals surface area contributed by atoms with Crippen molar-refractivity contribution in [3.63, 3.8) is 0 Å². The molecule has 0 spiro atoms. The van der Waals surface area contributed by atoms with Crippen LogP contribution in [0.2, 0.25) is 0 Å². The molecular weight excluding hydrogens is 474 g/mol. The van der Waals surface area contributed by atoms with E-state index in [4.69, 9.17) is 4.74 Å². The van der Waals surface area contributed by atoms with E-state index in [2.05, 4.69) is 140 Å². The van der Waals surface area contributed by atoms with E-state index < -0.39 is 0 Å². The Kier molecular flexibility index (Phi) is 4.60. The first-order valence-electron chi connectivity index (χ1n) is 13.5. The Balaban J connectivity index is 1.44. The van der Waals surface area contributed by atoms with Gasteiger partial charge in [0.25, 0.3) is 0 Å². The molecule has 39 heavy (non-hydrogen) atoms. The monoisotopic (exact) mass is 501 g/mol. The van der Waals surface area contributed by atoms with Crippen LogP contribution < -0.4 is 4.74 Å². The SMILES string of the molecule is CC1(C)c2ccccc2Oc2ccc(-c3cccc4c3c3ccc5ccccc5c3n4-c3ccccc3)cc21. The highest BCUT2D eigenvalue weighted by atomic mass is 16.5. The van der Waals surface area contributed by atoms with Gasteiger partial charge >= 0.3 is 0 Å². The summed E-state index contributed by atoms with van der Waals surface area (Å²) in [6.45, 7) is 4.59. The Morgan fingerprint density at radius 3 is 2.26 bits per heavy atom. The Morgan fingerprint density at radius 1 is 0.590 bits per heavy atom. The standard InChI is InChI=1S/C37H27NO/c1-37(2)30-16-8-9-18-33(30)39-34-22-20-25(23-31(34)37)27-15-10-17-32-35(27)29-21-19-24-11-6-7-14-28(24)36(29)38(32)26-12-4-3-5-13-26/h3-23H,1-2H3. The van der Waals surface area contributed by atoms with Crippen molar-refractivity contribution in [1.29, 1.82) is 0 Å². The molecule has 2 heteroatoms. The molecule has 0 saturated heterocycles. The average molecular weight is 502 g/mol. The van der Waals surface area contributed by atoms with Gasteiger partial charge in [0.2, 0.25) is 0 Å². The van der Waals surface area contributed by atoms with Crippen LogP contribution in [0.25, 0.3) is 49.4 Å². The summed E-state index contributed by atoms with van der Waals surface area (Å²) in [6, 6.07) is 45.8. The van der Waals surface area contributed by atoms with Gasteiger partial charge < -0.3 is 9.30 Å². The van der Waals surface area contributed by atoms with E-state index in [1.54, 1.807) is 0 Å². The van der Waals surface area contributed by atoms with E-state index in [-0.39, 0.29) is 5.41 Å². The number of fused-ring (bicyclic) bond motifs is 7. The van der Waals surface area contributed by atoms with Crippen LogP contribution in [0.3, 0.4) is 0 Å². The van der Waals surface area contributed by atoms with Crippen molar-refractivity contribution in [2.45, 2.75) is 19.3 Å². The molecule has 1 aromatic heterocycles. The van der Waals surface area contributed by atoms with E-state index in [9.17, 15) is 0 Å². The zero-order valence-electron chi connectivity index (χ0n) is 22.0. The van der Waals surface area contributed by atoms with Gasteiger partial charge in [0.15, 0.2) is 0 Å². The topological polar surface area (TPSA) is 14.2 Å². The van der Waals surface area contributed by atoms with Gasteiger partial charge in [0, 0.05) is 38.4 Å². The van der Waals surface area contributed by atoms with Crippen LogP contribution in [0.1, 0.15) is 25.0 Å². The van der Waals surface area contributed by atoms with Crippen molar-refractivity contribution >= 4 is 32.6 Å². The maximum absolute atomic E-state index is 6.37. The van der Waals surface area contributed by atoms with Crippen LogP contribution in [-0.4, -0.2) is 4.57 Å². The highest BCUT2D eigenvalue weighted by molar-refractivity contribution is 6.22. The van der Waals surface area contributed by atoms with Crippen molar-refractivity contribution in [1.82, 2.24) is 4.57 Å². The summed E-state index contributed by atoms with van der Waals surface area (Å²) in [4.78, 5) is 0. The summed E-state index contributed by atoms with van der Waals surface area (Å²) < 4.78 is 8.80. The zero-order valence-corrected chi connectivity index (χ0v) is 22.0. The molecule has 0 N–H and O–H groups in total. The molecule has 0 saturated carbocycles. The lowest BCUT2D eigenvalue weighted by molar-refractivity contribution is 0.418. The molecule has 1 aliphatic rings. The zero-order chi connectivity index (χ0) is 26.1. The van der Waals surface area contributed by atoms with Crippen LogP contribution in [-0.2, 0) is 5.41 Å². The molecule has 2 heterocycles. The van der Waals surface area contributed by atoms with E-state index in [0.717, 1.165) is 11.5 Å². The lowest BCUT2D eigenvalue weighted by Gasteiger charge is -2.34. The fourth-order valence-electron chi connectivity index (χ4n) is 6.52. The second-order valence-corrected chi connectivity index (χ2v) is 11.0. The quantitative estimate of drug-likeness (QED) is 0.230. The van der Waals surface area contributed by atoms with Crippen molar-refractivity contribution in [2.75, 3.05) is 0 Å². The highest BCUT2D eigenvalue weighted by Crippen LogP contribution is 2.49. The van der Waals surface area contributed by atoms with Crippen molar-refractivity contribution < 1.29 is 4.74 Å². The predicted octanol–water partition coefficient (Wildman–Crippen LogP) is 10.0. The summed E-state index contributed by atoms with van der Waals surface area (Å²) in [5.74, 6) is 1.88. The van der Waals surface area contributed by atoms with Gasteiger partial charge in [0.1, 0.15) is 11.5 Å². The number of benzene rings is 6. The molecule has 0 aliphatic carbocycles. The summed E-state index contributed by atoms with van der Waals surface area (Å²) >= 11 is 0. The normalized spacial score (nSPS) is 13.8. The number of ether oxygens (including phenoxy) is 1. The Labute approximate surface area is 227 Å². The maximum Gasteiger partial charge on any atom is 0.131 e. The third-order valence-electron chi connectivity index (χ3n) is 8.44. The van der Waals surface area contributed by atoms with Gasteiger partial charge in [-0.2, -0.15) is 0 Å². The molecule has 7 aromatic rings. The minimum absolute atomic E-state index is 0.164. The van der Waals surface area contributed by atoms with Crippen LogP contribution in [0.15, 0.2) is 127 Å². The maximum atomic E-state index is 6.37. The molecule has 186 valence electrons. The van der Waals surface area contributed by atoms with Gasteiger partial charge in [-0.3, -0.25) is 0 Å². The first-order valence-corrected chi connectivity index (χ1v) is 13.5. The summed E-state index contributed by atoms with van der Waals surface area (Å²) in [5.41, 5.74) is 8.34. The van der Waals surface area contributed by atoms with E-state index in [0.29, 0.717) is 0 Å². The molecule has 8 rings (SSSR count). The number of rotatable bonds is 2. The summed E-state index contributed by atoms with van der Waals surface area (Å²) in [6.07, 6.45) is 0. The fourth-order valence-corrected chi connectivity index (χ4v) is 6.52. The van der Waals surface area contributed by atoms with Gasteiger partial charge in [-0.15, -0.1) is 0 Å². The average Bonchev–Trinajstić information content (AvgIpc) is 3.33. The summed E-state index contributed by atoms with van der Waals surface area (Å²) in [7, 11) is 0. The predicted molar refractivity (Wildman–Crippen MR) is 162 cm³/mol.